The molecule has 1 heterocycles. The molecule has 13 heavy (non-hydrogen) atoms. The molecule has 2 aliphatic rings. The van der Waals surface area contributed by atoms with Crippen molar-refractivity contribution in [2.45, 2.75) is 38.0 Å². The highest BCUT2D eigenvalue weighted by Gasteiger charge is 2.39. The van der Waals surface area contributed by atoms with E-state index in [2.05, 4.69) is 4.90 Å². The van der Waals surface area contributed by atoms with Crippen molar-refractivity contribution in [3.63, 3.8) is 0 Å². The lowest BCUT2D eigenvalue weighted by molar-refractivity contribution is 0.00377. The first-order valence-corrected chi connectivity index (χ1v) is 5.26. The third-order valence-electron chi connectivity index (χ3n) is 3.22. The number of rotatable bonds is 2. The van der Waals surface area contributed by atoms with Crippen molar-refractivity contribution in [2.24, 2.45) is 5.92 Å². The van der Waals surface area contributed by atoms with Gasteiger partial charge in [-0.05, 0) is 38.3 Å². The van der Waals surface area contributed by atoms with Gasteiger partial charge in [0.15, 0.2) is 0 Å². The van der Waals surface area contributed by atoms with E-state index in [9.17, 15) is 8.78 Å². The Labute approximate surface area is 78.1 Å². The SMILES string of the molecule is FC1(F)CCC(CN2CCCC2)C1. The smallest absolute Gasteiger partial charge is 0.248 e. The molecule has 1 atom stereocenters. The molecule has 0 amide bonds. The summed E-state index contributed by atoms with van der Waals surface area (Å²) >= 11 is 0. The molecule has 1 nitrogen and oxygen atoms in total. The summed E-state index contributed by atoms with van der Waals surface area (Å²) in [5.74, 6) is -2.10. The lowest BCUT2D eigenvalue weighted by Crippen LogP contribution is -2.26. The maximum atomic E-state index is 12.8. The Balaban J connectivity index is 1.77. The highest BCUT2D eigenvalue weighted by atomic mass is 19.3. The summed E-state index contributed by atoms with van der Waals surface area (Å²) in [5, 5.41) is 0. The van der Waals surface area contributed by atoms with Crippen molar-refractivity contribution in [3.8, 4) is 0 Å². The zero-order valence-corrected chi connectivity index (χ0v) is 7.94. The molecule has 0 aromatic rings. The maximum Gasteiger partial charge on any atom is 0.248 e. The van der Waals surface area contributed by atoms with Gasteiger partial charge in [0.2, 0.25) is 5.92 Å². The van der Waals surface area contributed by atoms with Crippen molar-refractivity contribution < 1.29 is 8.78 Å². The molecule has 0 radical (unpaired) electrons. The first-order valence-electron chi connectivity index (χ1n) is 5.26. The first kappa shape index (κ1) is 9.38. The largest absolute Gasteiger partial charge is 0.303 e. The third-order valence-corrected chi connectivity index (χ3v) is 3.22. The molecule has 76 valence electrons. The number of halogens is 2. The minimum absolute atomic E-state index is 0.117. The minimum Gasteiger partial charge on any atom is -0.303 e. The standard InChI is InChI=1S/C10H17F2N/c11-10(12)4-3-9(7-10)8-13-5-1-2-6-13/h9H,1-8H2. The average molecular weight is 189 g/mol. The van der Waals surface area contributed by atoms with Gasteiger partial charge in [-0.1, -0.05) is 0 Å². The van der Waals surface area contributed by atoms with E-state index < -0.39 is 5.92 Å². The highest BCUT2D eigenvalue weighted by Crippen LogP contribution is 2.39. The molecular weight excluding hydrogens is 172 g/mol. The monoisotopic (exact) mass is 189 g/mol. The summed E-state index contributed by atoms with van der Waals surface area (Å²) in [6.07, 6.45) is 3.48. The second kappa shape index (κ2) is 3.52. The van der Waals surface area contributed by atoms with E-state index in [1.165, 1.54) is 12.8 Å². The third kappa shape index (κ3) is 2.39. The van der Waals surface area contributed by atoms with Crippen LogP contribution in [0.4, 0.5) is 8.78 Å². The van der Waals surface area contributed by atoms with Gasteiger partial charge in [0.25, 0.3) is 0 Å². The molecule has 2 rings (SSSR count). The normalized spacial score (nSPS) is 34.2. The van der Waals surface area contributed by atoms with Crippen LogP contribution in [-0.4, -0.2) is 30.5 Å². The van der Waals surface area contributed by atoms with E-state index in [4.69, 9.17) is 0 Å². The van der Waals surface area contributed by atoms with Crippen molar-refractivity contribution in [2.75, 3.05) is 19.6 Å². The fraction of sp³-hybridized carbons (Fsp3) is 1.00. The molecule has 3 heteroatoms. The number of hydrogen-bond acceptors (Lipinski definition) is 1. The first-order chi connectivity index (χ1) is 6.16. The second-order valence-electron chi connectivity index (χ2n) is 4.47. The van der Waals surface area contributed by atoms with Crippen LogP contribution in [0.25, 0.3) is 0 Å². The lowest BCUT2D eigenvalue weighted by Gasteiger charge is -2.19. The van der Waals surface area contributed by atoms with Crippen LogP contribution in [0.1, 0.15) is 32.1 Å². The van der Waals surface area contributed by atoms with Crippen LogP contribution in [-0.2, 0) is 0 Å². The number of nitrogens with zero attached hydrogens (tertiary/aromatic N) is 1. The Hall–Kier alpha value is -0.180. The van der Waals surface area contributed by atoms with Crippen LogP contribution in [0.5, 0.6) is 0 Å². The van der Waals surface area contributed by atoms with Crippen LogP contribution in [0, 0.1) is 5.92 Å². The molecule has 1 saturated carbocycles. The predicted octanol–water partition coefficient (Wildman–Crippen LogP) is 2.52. The van der Waals surface area contributed by atoms with Crippen molar-refractivity contribution in [1.82, 2.24) is 4.90 Å². The lowest BCUT2D eigenvalue weighted by atomic mass is 10.1. The summed E-state index contributed by atoms with van der Waals surface area (Å²) in [6, 6.07) is 0. The summed E-state index contributed by atoms with van der Waals surface area (Å²) in [5.41, 5.74) is 0. The van der Waals surface area contributed by atoms with E-state index in [-0.39, 0.29) is 18.8 Å². The quantitative estimate of drug-likeness (QED) is 0.645. The number of alkyl halides is 2. The van der Waals surface area contributed by atoms with Crippen LogP contribution >= 0.6 is 0 Å². The van der Waals surface area contributed by atoms with Crippen LogP contribution in [0.2, 0.25) is 0 Å². The molecule has 2 fully saturated rings. The van der Waals surface area contributed by atoms with E-state index in [1.54, 1.807) is 0 Å². The molecule has 0 bridgehead atoms. The van der Waals surface area contributed by atoms with Gasteiger partial charge >= 0.3 is 0 Å². The summed E-state index contributed by atoms with van der Waals surface area (Å²) in [7, 11) is 0. The van der Waals surface area contributed by atoms with Crippen molar-refractivity contribution >= 4 is 0 Å². The maximum absolute atomic E-state index is 12.8. The molecule has 1 saturated heterocycles. The number of likely N-dealkylation sites (tertiary alicyclic amines) is 1. The van der Waals surface area contributed by atoms with Gasteiger partial charge in [-0.15, -0.1) is 0 Å². The van der Waals surface area contributed by atoms with E-state index in [0.29, 0.717) is 0 Å². The Morgan fingerprint density at radius 1 is 1.23 bits per heavy atom. The number of hydrogen-bond donors (Lipinski definition) is 0. The average Bonchev–Trinajstić information content (AvgIpc) is 2.61. The van der Waals surface area contributed by atoms with Crippen molar-refractivity contribution in [1.29, 1.82) is 0 Å². The summed E-state index contributed by atoms with van der Waals surface area (Å²) in [6.45, 7) is 3.17. The van der Waals surface area contributed by atoms with E-state index in [0.717, 1.165) is 26.1 Å². The topological polar surface area (TPSA) is 3.24 Å². The van der Waals surface area contributed by atoms with Gasteiger partial charge in [-0.3, -0.25) is 0 Å². The van der Waals surface area contributed by atoms with Gasteiger partial charge in [-0.2, -0.15) is 0 Å². The van der Waals surface area contributed by atoms with E-state index in [1.807, 2.05) is 0 Å². The molecule has 0 N–H and O–H groups in total. The summed E-state index contributed by atoms with van der Waals surface area (Å²) < 4.78 is 25.7. The molecule has 0 aromatic heterocycles. The van der Waals surface area contributed by atoms with Crippen molar-refractivity contribution in [3.05, 3.63) is 0 Å². The molecular formula is C10H17F2N. The zero-order chi connectivity index (χ0) is 9.31. The van der Waals surface area contributed by atoms with Gasteiger partial charge in [0.1, 0.15) is 0 Å². The zero-order valence-electron chi connectivity index (χ0n) is 7.94. The fourth-order valence-corrected chi connectivity index (χ4v) is 2.53. The van der Waals surface area contributed by atoms with Gasteiger partial charge in [0, 0.05) is 19.4 Å². The molecule has 1 aliphatic heterocycles. The van der Waals surface area contributed by atoms with Gasteiger partial charge in [0.05, 0.1) is 0 Å². The Kier molecular flexibility index (Phi) is 2.54. The highest BCUT2D eigenvalue weighted by molar-refractivity contribution is 4.83. The van der Waals surface area contributed by atoms with Crippen LogP contribution in [0.3, 0.4) is 0 Å². The molecule has 0 aromatic carbocycles. The summed E-state index contributed by atoms with van der Waals surface area (Å²) in [4.78, 5) is 2.34. The second-order valence-corrected chi connectivity index (χ2v) is 4.47. The molecule has 1 unspecified atom stereocenters. The van der Waals surface area contributed by atoms with Gasteiger partial charge in [-0.25, -0.2) is 8.78 Å². The van der Waals surface area contributed by atoms with Crippen LogP contribution < -0.4 is 0 Å². The van der Waals surface area contributed by atoms with E-state index >= 15 is 0 Å². The Bertz CT molecular complexity index is 176. The van der Waals surface area contributed by atoms with Crippen LogP contribution in [0.15, 0.2) is 0 Å². The Morgan fingerprint density at radius 2 is 1.92 bits per heavy atom. The predicted molar refractivity (Wildman–Crippen MR) is 48.0 cm³/mol. The van der Waals surface area contributed by atoms with Gasteiger partial charge < -0.3 is 4.90 Å². The minimum atomic E-state index is -2.36. The molecule has 0 spiro atoms. The Morgan fingerprint density at radius 3 is 2.46 bits per heavy atom. The fourth-order valence-electron chi connectivity index (χ4n) is 2.53. The molecule has 1 aliphatic carbocycles.